The number of halogens is 2. The van der Waals surface area contributed by atoms with Crippen LogP contribution in [-0.2, 0) is 4.57 Å². The molecule has 0 saturated carbocycles. The Balaban J connectivity index is 2.61. The van der Waals surface area contributed by atoms with Crippen LogP contribution in [0, 0.1) is 13.8 Å². The molecule has 0 radical (unpaired) electrons. The van der Waals surface area contributed by atoms with Crippen LogP contribution in [0.5, 0.6) is 0 Å². The summed E-state index contributed by atoms with van der Waals surface area (Å²) in [5.41, 5.74) is 2.08. The Labute approximate surface area is 129 Å². The predicted octanol–water partition coefficient (Wildman–Crippen LogP) is 4.05. The fourth-order valence-electron chi connectivity index (χ4n) is 1.85. The minimum Gasteiger partial charge on any atom is -0.338 e. The first-order chi connectivity index (χ1) is 8.82. The summed E-state index contributed by atoms with van der Waals surface area (Å²) in [6.45, 7) is 3.89. The normalized spacial score (nSPS) is 11.6. The van der Waals surface area contributed by atoms with Crippen molar-refractivity contribution in [2.24, 2.45) is 0 Å². The van der Waals surface area contributed by atoms with Crippen LogP contribution in [-0.4, -0.2) is 4.89 Å². The molecule has 2 aromatic rings. The van der Waals surface area contributed by atoms with E-state index in [1.54, 1.807) is 12.1 Å². The minimum absolute atomic E-state index is 0.419. The quantitative estimate of drug-likeness (QED) is 0.768. The lowest BCUT2D eigenvalue weighted by Crippen LogP contribution is -2.18. The summed E-state index contributed by atoms with van der Waals surface area (Å²) in [4.78, 5) is 10.5. The summed E-state index contributed by atoms with van der Waals surface area (Å²) in [5.74, 6) is 0. The molecule has 19 heavy (non-hydrogen) atoms. The average Bonchev–Trinajstić information content (AvgIpc) is 2.27. The molecule has 0 unspecified atom stereocenters. The number of rotatable bonds is 2. The van der Waals surface area contributed by atoms with Gasteiger partial charge >= 0.3 is 0 Å². The van der Waals surface area contributed by atoms with Gasteiger partial charge in [0, 0.05) is 8.95 Å². The molecule has 0 aromatic heterocycles. The number of hydrogen-bond donors (Lipinski definition) is 1. The Morgan fingerprint density at radius 2 is 1.26 bits per heavy atom. The van der Waals surface area contributed by atoms with Crippen molar-refractivity contribution in [2.75, 3.05) is 0 Å². The zero-order valence-electron chi connectivity index (χ0n) is 10.5. The summed E-state index contributed by atoms with van der Waals surface area (Å²) in [5, 5.41) is 0.838. The van der Waals surface area contributed by atoms with Crippen molar-refractivity contribution in [3.63, 3.8) is 0 Å². The third-order valence-electron chi connectivity index (χ3n) is 2.86. The topological polar surface area (TPSA) is 37.3 Å². The van der Waals surface area contributed by atoms with Crippen molar-refractivity contribution in [1.29, 1.82) is 0 Å². The molecule has 0 saturated heterocycles. The molecule has 0 aliphatic heterocycles. The second kappa shape index (κ2) is 5.53. The summed E-state index contributed by atoms with van der Waals surface area (Å²) in [6, 6.07) is 10.8. The van der Waals surface area contributed by atoms with Crippen LogP contribution < -0.4 is 10.6 Å². The van der Waals surface area contributed by atoms with Gasteiger partial charge in [-0.15, -0.1) is 0 Å². The molecular formula is C14H13Br2O2P. The first-order valence-electron chi connectivity index (χ1n) is 5.68. The standard InChI is InChI=1S/C14H13Br2O2P/c1-9-3-5-13(11(15)7-9)19(17,18)14-6-4-10(2)8-12(14)16/h3-8H,1-2H3,(H,17,18). The predicted molar refractivity (Wildman–Crippen MR) is 86.9 cm³/mol. The highest BCUT2D eigenvalue weighted by Crippen LogP contribution is 2.43. The molecule has 2 rings (SSSR count). The van der Waals surface area contributed by atoms with E-state index in [0.717, 1.165) is 11.1 Å². The summed E-state index contributed by atoms with van der Waals surface area (Å²) >= 11 is 6.74. The highest BCUT2D eigenvalue weighted by molar-refractivity contribution is 9.11. The molecule has 1 N–H and O–H groups in total. The average molecular weight is 404 g/mol. The number of aryl methyl sites for hydroxylation is 2. The van der Waals surface area contributed by atoms with Crippen molar-refractivity contribution in [1.82, 2.24) is 0 Å². The van der Waals surface area contributed by atoms with Gasteiger partial charge in [-0.05, 0) is 81.1 Å². The molecule has 2 nitrogen and oxygen atoms in total. The largest absolute Gasteiger partial charge is 0.338 e. The van der Waals surface area contributed by atoms with Crippen LogP contribution in [0.2, 0.25) is 0 Å². The molecule has 5 heteroatoms. The van der Waals surface area contributed by atoms with Crippen molar-refractivity contribution < 1.29 is 9.46 Å². The first-order valence-corrected chi connectivity index (χ1v) is 8.93. The van der Waals surface area contributed by atoms with E-state index >= 15 is 0 Å². The van der Waals surface area contributed by atoms with E-state index in [1.807, 2.05) is 38.1 Å². The van der Waals surface area contributed by atoms with E-state index in [1.165, 1.54) is 0 Å². The summed E-state index contributed by atoms with van der Waals surface area (Å²) < 4.78 is 14.1. The van der Waals surface area contributed by atoms with Gasteiger partial charge in [0.2, 0.25) is 0 Å². The van der Waals surface area contributed by atoms with Crippen molar-refractivity contribution in [3.05, 3.63) is 56.5 Å². The van der Waals surface area contributed by atoms with Gasteiger partial charge in [-0.25, -0.2) is 0 Å². The SMILES string of the molecule is Cc1ccc(P(=O)(O)c2ccc(C)cc2Br)c(Br)c1. The molecule has 0 bridgehead atoms. The van der Waals surface area contributed by atoms with Crippen LogP contribution in [0.25, 0.3) is 0 Å². The van der Waals surface area contributed by atoms with E-state index < -0.39 is 7.37 Å². The van der Waals surface area contributed by atoms with Gasteiger partial charge in [0.15, 0.2) is 0 Å². The third kappa shape index (κ3) is 3.03. The lowest BCUT2D eigenvalue weighted by molar-refractivity contribution is 0.500. The Bertz CT molecular complexity index is 628. The van der Waals surface area contributed by atoms with Gasteiger partial charge < -0.3 is 4.89 Å². The Kier molecular flexibility index (Phi) is 4.36. The fourth-order valence-corrected chi connectivity index (χ4v) is 5.79. The maximum absolute atomic E-state index is 12.8. The highest BCUT2D eigenvalue weighted by atomic mass is 79.9. The smallest absolute Gasteiger partial charge is 0.261 e. The molecule has 0 spiro atoms. The lowest BCUT2D eigenvalue weighted by atomic mass is 10.2. The van der Waals surface area contributed by atoms with Gasteiger partial charge in [-0.1, -0.05) is 12.1 Å². The molecule has 0 amide bonds. The molecular weight excluding hydrogens is 391 g/mol. The van der Waals surface area contributed by atoms with Gasteiger partial charge in [0.1, 0.15) is 0 Å². The van der Waals surface area contributed by atoms with E-state index in [2.05, 4.69) is 31.9 Å². The Morgan fingerprint density at radius 1 is 0.895 bits per heavy atom. The highest BCUT2D eigenvalue weighted by Gasteiger charge is 2.28. The second-order valence-corrected chi connectivity index (χ2v) is 8.31. The zero-order chi connectivity index (χ0) is 14.2. The Morgan fingerprint density at radius 3 is 1.58 bits per heavy atom. The number of benzene rings is 2. The van der Waals surface area contributed by atoms with E-state index in [-0.39, 0.29) is 0 Å². The van der Waals surface area contributed by atoms with E-state index in [9.17, 15) is 9.46 Å². The molecule has 0 heterocycles. The third-order valence-corrected chi connectivity index (χ3v) is 6.87. The second-order valence-electron chi connectivity index (χ2n) is 4.49. The van der Waals surface area contributed by atoms with Gasteiger partial charge in [-0.2, -0.15) is 0 Å². The number of hydrogen-bond acceptors (Lipinski definition) is 1. The monoisotopic (exact) mass is 402 g/mol. The van der Waals surface area contributed by atoms with E-state index in [0.29, 0.717) is 19.6 Å². The van der Waals surface area contributed by atoms with Gasteiger partial charge in [0.25, 0.3) is 7.37 Å². The zero-order valence-corrected chi connectivity index (χ0v) is 14.6. The molecule has 0 aliphatic rings. The van der Waals surface area contributed by atoms with E-state index in [4.69, 9.17) is 0 Å². The van der Waals surface area contributed by atoms with Crippen LogP contribution in [0.3, 0.4) is 0 Å². The molecule has 0 aliphatic carbocycles. The first kappa shape index (κ1) is 15.0. The molecule has 100 valence electrons. The maximum Gasteiger partial charge on any atom is 0.261 e. The fraction of sp³-hybridized carbons (Fsp3) is 0.143. The summed E-state index contributed by atoms with van der Waals surface area (Å²) in [7, 11) is -3.61. The van der Waals surface area contributed by atoms with Crippen molar-refractivity contribution in [3.8, 4) is 0 Å². The molecule has 0 fully saturated rings. The lowest BCUT2D eigenvalue weighted by Gasteiger charge is -2.16. The summed E-state index contributed by atoms with van der Waals surface area (Å²) in [6.07, 6.45) is 0. The maximum atomic E-state index is 12.8. The molecule has 2 aromatic carbocycles. The van der Waals surface area contributed by atoms with Crippen LogP contribution >= 0.6 is 39.2 Å². The van der Waals surface area contributed by atoms with Crippen LogP contribution in [0.4, 0.5) is 0 Å². The Hall–Kier alpha value is -0.410. The van der Waals surface area contributed by atoms with Gasteiger partial charge in [0.05, 0.1) is 10.6 Å². The van der Waals surface area contributed by atoms with Crippen molar-refractivity contribution in [2.45, 2.75) is 13.8 Å². The van der Waals surface area contributed by atoms with Gasteiger partial charge in [-0.3, -0.25) is 4.57 Å². The minimum atomic E-state index is -3.61. The van der Waals surface area contributed by atoms with Crippen molar-refractivity contribution >= 4 is 49.8 Å². The molecule has 0 atom stereocenters. The van der Waals surface area contributed by atoms with Crippen LogP contribution in [0.1, 0.15) is 11.1 Å². The van der Waals surface area contributed by atoms with Crippen LogP contribution in [0.15, 0.2) is 45.3 Å².